The molecule has 0 amide bonds. The smallest absolute Gasteiger partial charge is 0.433 e. The van der Waals surface area contributed by atoms with Crippen LogP contribution in [0.5, 0.6) is 5.75 Å². The number of nitrogens with zero attached hydrogens (tertiary/aromatic N) is 2. The average molecular weight is 435 g/mol. The summed E-state index contributed by atoms with van der Waals surface area (Å²) < 4.78 is 47.3. The molecule has 0 atom stereocenters. The Hall–Kier alpha value is -2.32. The predicted octanol–water partition coefficient (Wildman–Crippen LogP) is 6.94. The maximum Gasteiger partial charge on any atom is 0.433 e. The first-order valence-electron chi connectivity index (χ1n) is 8.95. The molecule has 0 bridgehead atoms. The third kappa shape index (κ3) is 4.48. The molecule has 150 valence electrons. The predicted molar refractivity (Wildman–Crippen MR) is 112 cm³/mol. The molecule has 2 heterocycles. The molecule has 0 N–H and O–H groups in total. The lowest BCUT2D eigenvalue weighted by Crippen LogP contribution is -2.11. The summed E-state index contributed by atoms with van der Waals surface area (Å²) in [4.78, 5) is 8.39. The molecule has 4 aromatic rings. The Morgan fingerprint density at radius 1 is 1.03 bits per heavy atom. The van der Waals surface area contributed by atoms with Crippen molar-refractivity contribution in [1.82, 2.24) is 9.97 Å². The van der Waals surface area contributed by atoms with Gasteiger partial charge in [-0.3, -0.25) is 0 Å². The van der Waals surface area contributed by atoms with Crippen molar-refractivity contribution in [3.8, 4) is 5.75 Å². The van der Waals surface area contributed by atoms with Crippen molar-refractivity contribution in [2.45, 2.75) is 36.2 Å². The van der Waals surface area contributed by atoms with Gasteiger partial charge in [0, 0.05) is 17.2 Å². The average Bonchev–Trinajstić information content (AvgIpc) is 3.08. The number of alkyl halides is 3. The number of benzene rings is 2. The molecular weight excluding hydrogens is 417 g/mol. The summed E-state index contributed by atoms with van der Waals surface area (Å²) in [5, 5.41) is 0.578. The second kappa shape index (κ2) is 7.84. The second-order valence-electron chi connectivity index (χ2n) is 6.76. The molecule has 0 aliphatic heterocycles. The summed E-state index contributed by atoms with van der Waals surface area (Å²) in [6, 6.07) is 14.2. The SMILES string of the molecule is CC(C)Oc1cc(C(F)(F)F)nc2ccc(CSc3nc4ccccc4s3)cc12. The van der Waals surface area contributed by atoms with Crippen molar-refractivity contribution >= 4 is 44.2 Å². The van der Waals surface area contributed by atoms with Gasteiger partial charge in [0.1, 0.15) is 11.4 Å². The minimum absolute atomic E-state index is 0.198. The van der Waals surface area contributed by atoms with Gasteiger partial charge < -0.3 is 4.74 Å². The Morgan fingerprint density at radius 3 is 2.55 bits per heavy atom. The number of aromatic nitrogens is 2. The van der Waals surface area contributed by atoms with Crippen LogP contribution in [0.1, 0.15) is 25.1 Å². The fourth-order valence-electron chi connectivity index (χ4n) is 2.89. The highest BCUT2D eigenvalue weighted by Gasteiger charge is 2.33. The lowest BCUT2D eigenvalue weighted by molar-refractivity contribution is -0.141. The Balaban J connectivity index is 1.65. The number of halogens is 3. The quantitative estimate of drug-likeness (QED) is 0.319. The standard InChI is InChI=1S/C21H17F3N2OS2/c1-12(2)27-17-10-19(21(22,23)24)25-15-8-7-13(9-14(15)17)11-28-20-26-16-5-3-4-6-18(16)29-20/h3-10,12H,11H2,1-2H3. The summed E-state index contributed by atoms with van der Waals surface area (Å²) in [5.74, 6) is 0.849. The zero-order valence-corrected chi connectivity index (χ0v) is 17.3. The maximum atomic E-state index is 13.2. The van der Waals surface area contributed by atoms with Gasteiger partial charge in [-0.25, -0.2) is 9.97 Å². The van der Waals surface area contributed by atoms with Crippen LogP contribution in [0.15, 0.2) is 52.9 Å². The number of fused-ring (bicyclic) bond motifs is 2. The summed E-state index contributed by atoms with van der Waals surface area (Å²) >= 11 is 3.23. The fraction of sp³-hybridized carbons (Fsp3) is 0.238. The molecule has 0 fully saturated rings. The summed E-state index contributed by atoms with van der Waals surface area (Å²) in [7, 11) is 0. The first-order valence-corrected chi connectivity index (χ1v) is 10.8. The van der Waals surface area contributed by atoms with E-state index < -0.39 is 11.9 Å². The van der Waals surface area contributed by atoms with E-state index in [1.54, 1.807) is 49.1 Å². The Kier molecular flexibility index (Phi) is 5.40. The molecule has 0 saturated carbocycles. The van der Waals surface area contributed by atoms with Crippen LogP contribution in [0, 0.1) is 0 Å². The molecule has 0 aliphatic rings. The molecule has 0 saturated heterocycles. The first kappa shape index (κ1) is 20.0. The van der Waals surface area contributed by atoms with Crippen molar-refractivity contribution < 1.29 is 17.9 Å². The van der Waals surface area contributed by atoms with Crippen molar-refractivity contribution in [3.05, 3.63) is 59.8 Å². The monoisotopic (exact) mass is 434 g/mol. The number of hydrogen-bond donors (Lipinski definition) is 0. The molecule has 3 nitrogen and oxygen atoms in total. The van der Waals surface area contributed by atoms with Crippen LogP contribution in [-0.2, 0) is 11.9 Å². The topological polar surface area (TPSA) is 35.0 Å². The molecule has 0 radical (unpaired) electrons. The van der Waals surface area contributed by atoms with Gasteiger partial charge in [-0.2, -0.15) is 13.2 Å². The molecule has 0 aliphatic carbocycles. The highest BCUT2D eigenvalue weighted by atomic mass is 32.2. The molecule has 0 spiro atoms. The lowest BCUT2D eigenvalue weighted by Gasteiger charge is -2.15. The van der Waals surface area contributed by atoms with Crippen LogP contribution in [-0.4, -0.2) is 16.1 Å². The summed E-state index contributed by atoms with van der Waals surface area (Å²) in [6.45, 7) is 3.57. The van der Waals surface area contributed by atoms with E-state index in [2.05, 4.69) is 9.97 Å². The van der Waals surface area contributed by atoms with Crippen LogP contribution in [0.4, 0.5) is 13.2 Å². The zero-order chi connectivity index (χ0) is 20.6. The lowest BCUT2D eigenvalue weighted by atomic mass is 10.1. The number of rotatable bonds is 5. The maximum absolute atomic E-state index is 13.2. The van der Waals surface area contributed by atoms with E-state index in [1.165, 1.54) is 0 Å². The minimum atomic E-state index is -4.52. The normalized spacial score (nSPS) is 12.2. The van der Waals surface area contributed by atoms with Crippen molar-refractivity contribution in [2.24, 2.45) is 0 Å². The minimum Gasteiger partial charge on any atom is -0.490 e. The second-order valence-corrected chi connectivity index (χ2v) is 9.01. The van der Waals surface area contributed by atoms with E-state index in [-0.39, 0.29) is 17.4 Å². The van der Waals surface area contributed by atoms with E-state index >= 15 is 0 Å². The molecule has 4 rings (SSSR count). The first-order chi connectivity index (χ1) is 13.8. The van der Waals surface area contributed by atoms with Gasteiger partial charge in [0.05, 0.1) is 21.8 Å². The van der Waals surface area contributed by atoms with Gasteiger partial charge in [-0.1, -0.05) is 30.0 Å². The Morgan fingerprint density at radius 2 is 1.83 bits per heavy atom. The van der Waals surface area contributed by atoms with E-state index in [4.69, 9.17) is 4.74 Å². The third-order valence-corrected chi connectivity index (χ3v) is 6.38. The van der Waals surface area contributed by atoms with E-state index in [0.29, 0.717) is 11.1 Å². The summed E-state index contributed by atoms with van der Waals surface area (Å²) in [5.41, 5.74) is 1.26. The number of hydrogen-bond acceptors (Lipinski definition) is 5. The molecule has 8 heteroatoms. The fourth-order valence-corrected chi connectivity index (χ4v) is 4.90. The highest BCUT2D eigenvalue weighted by Crippen LogP contribution is 2.36. The van der Waals surface area contributed by atoms with Crippen molar-refractivity contribution in [3.63, 3.8) is 0 Å². The van der Waals surface area contributed by atoms with Gasteiger partial charge >= 0.3 is 6.18 Å². The number of thioether (sulfide) groups is 1. The van der Waals surface area contributed by atoms with Crippen LogP contribution in [0.25, 0.3) is 21.1 Å². The Labute approximate surface area is 173 Å². The molecule has 2 aromatic heterocycles. The van der Waals surface area contributed by atoms with Gasteiger partial charge in [-0.05, 0) is 43.7 Å². The van der Waals surface area contributed by atoms with Crippen LogP contribution < -0.4 is 4.74 Å². The molecular formula is C21H17F3N2OS2. The number of pyridine rings is 1. The third-order valence-electron chi connectivity index (χ3n) is 4.12. The molecule has 0 unspecified atom stereocenters. The van der Waals surface area contributed by atoms with Gasteiger partial charge in [0.2, 0.25) is 0 Å². The number of thiazole rings is 1. The Bertz CT molecular complexity index is 1140. The van der Waals surface area contributed by atoms with Crippen LogP contribution in [0.2, 0.25) is 0 Å². The highest BCUT2D eigenvalue weighted by molar-refractivity contribution is 8.00. The zero-order valence-electron chi connectivity index (χ0n) is 15.7. The van der Waals surface area contributed by atoms with Gasteiger partial charge in [0.25, 0.3) is 0 Å². The van der Waals surface area contributed by atoms with Gasteiger partial charge in [0.15, 0.2) is 4.34 Å². The summed E-state index contributed by atoms with van der Waals surface area (Å²) in [6.07, 6.45) is -4.77. The van der Waals surface area contributed by atoms with Crippen LogP contribution >= 0.6 is 23.1 Å². The van der Waals surface area contributed by atoms with Gasteiger partial charge in [-0.15, -0.1) is 11.3 Å². The number of para-hydroxylation sites is 1. The van der Waals surface area contributed by atoms with Crippen molar-refractivity contribution in [1.29, 1.82) is 0 Å². The van der Waals surface area contributed by atoms with Crippen LogP contribution in [0.3, 0.4) is 0 Å². The van der Waals surface area contributed by atoms with E-state index in [0.717, 1.165) is 26.2 Å². The van der Waals surface area contributed by atoms with E-state index in [1.807, 2.05) is 30.3 Å². The molecule has 2 aromatic carbocycles. The van der Waals surface area contributed by atoms with E-state index in [9.17, 15) is 13.2 Å². The molecule has 29 heavy (non-hydrogen) atoms. The largest absolute Gasteiger partial charge is 0.490 e. The number of ether oxygens (including phenoxy) is 1. The van der Waals surface area contributed by atoms with Crippen molar-refractivity contribution in [2.75, 3.05) is 0 Å².